The molecule has 0 unspecified atom stereocenters. The topological polar surface area (TPSA) is 67.4 Å². The molecular weight excluding hydrogens is 695 g/mol. The minimum Gasteiger partial charge on any atom is -0.309 e. The fourth-order valence-corrected chi connectivity index (χ4v) is 8.55. The SMILES string of the molecule is N#Cc1ccc2c(c1)c1cc(-c3c4cc(-c5cccnc5)ccc4c(-c4ccc5ccccc5n4)c4cc(-c5cccnc5)ccc34)ccc1n2-c1ccccc1. The second-order valence-corrected chi connectivity index (χ2v) is 14.4. The normalized spacial score (nSPS) is 11.5. The van der Waals surface area contributed by atoms with Crippen molar-refractivity contribution >= 4 is 54.3 Å². The minimum absolute atomic E-state index is 0.632. The second-order valence-electron chi connectivity index (χ2n) is 14.4. The van der Waals surface area contributed by atoms with Crippen LogP contribution in [-0.4, -0.2) is 19.5 Å². The van der Waals surface area contributed by atoms with Crippen LogP contribution in [0.3, 0.4) is 0 Å². The Morgan fingerprint density at radius 2 is 1.05 bits per heavy atom. The lowest BCUT2D eigenvalue weighted by molar-refractivity contribution is 1.18. The number of pyridine rings is 3. The molecule has 5 nitrogen and oxygen atoms in total. The summed E-state index contributed by atoms with van der Waals surface area (Å²) < 4.78 is 2.29. The number of fused-ring (bicyclic) bond motifs is 6. The van der Waals surface area contributed by atoms with Gasteiger partial charge in [-0.2, -0.15) is 5.26 Å². The van der Waals surface area contributed by atoms with E-state index in [4.69, 9.17) is 4.98 Å². The van der Waals surface area contributed by atoms with Crippen molar-refractivity contribution in [2.24, 2.45) is 0 Å². The quantitative estimate of drug-likeness (QED) is 0.166. The van der Waals surface area contributed by atoms with E-state index in [0.717, 1.165) is 105 Å². The van der Waals surface area contributed by atoms with E-state index in [0.29, 0.717) is 5.56 Å². The summed E-state index contributed by atoms with van der Waals surface area (Å²) in [5.41, 5.74) is 13.3. The van der Waals surface area contributed by atoms with E-state index < -0.39 is 0 Å². The Kier molecular flexibility index (Phi) is 7.48. The summed E-state index contributed by atoms with van der Waals surface area (Å²) in [6.45, 7) is 0. The van der Waals surface area contributed by atoms with E-state index in [1.54, 1.807) is 0 Å². The number of hydrogen-bond acceptors (Lipinski definition) is 4. The predicted molar refractivity (Wildman–Crippen MR) is 233 cm³/mol. The summed E-state index contributed by atoms with van der Waals surface area (Å²) in [5.74, 6) is 0. The average molecular weight is 726 g/mol. The Balaban J connectivity index is 1.28. The molecular formula is C52H31N5. The Bertz CT molecular complexity index is 3400. The molecule has 264 valence electrons. The molecule has 0 saturated carbocycles. The van der Waals surface area contributed by atoms with Gasteiger partial charge in [0.2, 0.25) is 0 Å². The molecule has 4 aromatic heterocycles. The number of para-hydroxylation sites is 2. The smallest absolute Gasteiger partial charge is 0.0991 e. The Hall–Kier alpha value is -7.94. The highest BCUT2D eigenvalue weighted by atomic mass is 15.0. The first kappa shape index (κ1) is 32.5. The van der Waals surface area contributed by atoms with Crippen molar-refractivity contribution in [3.63, 3.8) is 0 Å². The average Bonchev–Trinajstić information content (AvgIpc) is 3.61. The first-order chi connectivity index (χ1) is 28.2. The zero-order valence-corrected chi connectivity index (χ0v) is 30.6. The summed E-state index contributed by atoms with van der Waals surface area (Å²) in [4.78, 5) is 14.2. The number of aromatic nitrogens is 4. The van der Waals surface area contributed by atoms with E-state index in [-0.39, 0.29) is 0 Å². The lowest BCUT2D eigenvalue weighted by Gasteiger charge is -2.19. The fourth-order valence-electron chi connectivity index (χ4n) is 8.55. The number of benzene rings is 7. The fraction of sp³-hybridized carbons (Fsp3) is 0. The van der Waals surface area contributed by atoms with Crippen LogP contribution in [0.1, 0.15) is 5.56 Å². The van der Waals surface area contributed by atoms with Gasteiger partial charge >= 0.3 is 0 Å². The number of rotatable bonds is 5. The summed E-state index contributed by atoms with van der Waals surface area (Å²) in [6, 6.07) is 59.9. The van der Waals surface area contributed by atoms with Gasteiger partial charge in [0.25, 0.3) is 0 Å². The standard InChI is InChI=1S/C52H31N5/c53-30-33-14-22-49-43(26-33)44-29-37(18-23-50(44)57(49)40-11-2-1-3-12-40)51-41-19-15-36(39-10-7-25-55-32-39)28-46(41)52(48-21-17-34-8-4-5-13-47(34)56-48)42-20-16-35(27-45(42)51)38-9-6-24-54-31-38/h1-29,31-32H. The first-order valence-electron chi connectivity index (χ1n) is 19.0. The van der Waals surface area contributed by atoms with Gasteiger partial charge < -0.3 is 4.57 Å². The Morgan fingerprint density at radius 1 is 0.439 bits per heavy atom. The van der Waals surface area contributed by atoms with Crippen molar-refractivity contribution < 1.29 is 0 Å². The molecule has 4 heterocycles. The highest BCUT2D eigenvalue weighted by Crippen LogP contribution is 2.47. The molecule has 57 heavy (non-hydrogen) atoms. The lowest BCUT2D eigenvalue weighted by Crippen LogP contribution is -1.95. The van der Waals surface area contributed by atoms with Crippen LogP contribution in [0.4, 0.5) is 0 Å². The second kappa shape index (κ2) is 13.1. The van der Waals surface area contributed by atoms with Gasteiger partial charge in [0.1, 0.15) is 0 Å². The van der Waals surface area contributed by atoms with E-state index >= 15 is 0 Å². The third-order valence-corrected chi connectivity index (χ3v) is 11.2. The number of hydrogen-bond donors (Lipinski definition) is 0. The van der Waals surface area contributed by atoms with Gasteiger partial charge in [0.15, 0.2) is 0 Å². The maximum Gasteiger partial charge on any atom is 0.0991 e. The monoisotopic (exact) mass is 725 g/mol. The molecule has 7 aromatic carbocycles. The third kappa shape index (κ3) is 5.35. The summed E-state index contributed by atoms with van der Waals surface area (Å²) >= 11 is 0. The summed E-state index contributed by atoms with van der Waals surface area (Å²) in [5, 5.41) is 17.7. The zero-order chi connectivity index (χ0) is 37.9. The van der Waals surface area contributed by atoms with Gasteiger partial charge in [-0.25, -0.2) is 4.98 Å². The molecule has 11 rings (SSSR count). The number of nitrogens with zero attached hydrogens (tertiary/aromatic N) is 5. The maximum absolute atomic E-state index is 10.00. The molecule has 0 spiro atoms. The van der Waals surface area contributed by atoms with Crippen LogP contribution in [0.2, 0.25) is 0 Å². The third-order valence-electron chi connectivity index (χ3n) is 11.2. The van der Waals surface area contributed by atoms with Crippen LogP contribution < -0.4 is 0 Å². The van der Waals surface area contributed by atoms with Crippen LogP contribution in [0, 0.1) is 11.3 Å². The summed E-state index contributed by atoms with van der Waals surface area (Å²) in [6.07, 6.45) is 7.46. The number of nitriles is 1. The highest BCUT2D eigenvalue weighted by Gasteiger charge is 2.21. The van der Waals surface area contributed by atoms with Crippen LogP contribution in [-0.2, 0) is 0 Å². The van der Waals surface area contributed by atoms with Gasteiger partial charge in [-0.15, -0.1) is 0 Å². The van der Waals surface area contributed by atoms with Gasteiger partial charge in [0.05, 0.1) is 33.9 Å². The predicted octanol–water partition coefficient (Wildman–Crippen LogP) is 13.0. The van der Waals surface area contributed by atoms with E-state index in [9.17, 15) is 5.26 Å². The van der Waals surface area contributed by atoms with Crippen molar-refractivity contribution in [3.8, 4) is 56.4 Å². The van der Waals surface area contributed by atoms with Crippen molar-refractivity contribution in [2.75, 3.05) is 0 Å². The van der Waals surface area contributed by atoms with Crippen LogP contribution >= 0.6 is 0 Å². The molecule has 0 amide bonds. The molecule has 0 saturated heterocycles. The van der Waals surface area contributed by atoms with Crippen LogP contribution in [0.15, 0.2) is 189 Å². The molecule has 0 aliphatic heterocycles. The van der Waals surface area contributed by atoms with Gasteiger partial charge in [-0.05, 0) is 123 Å². The maximum atomic E-state index is 10.00. The van der Waals surface area contributed by atoms with Crippen LogP contribution in [0.5, 0.6) is 0 Å². The van der Waals surface area contributed by atoms with Crippen molar-refractivity contribution in [1.29, 1.82) is 5.26 Å². The van der Waals surface area contributed by atoms with Gasteiger partial charge in [-0.3, -0.25) is 9.97 Å². The largest absolute Gasteiger partial charge is 0.309 e. The molecule has 0 atom stereocenters. The Labute approximate surface area is 328 Å². The molecule has 0 aliphatic rings. The molecule has 0 bridgehead atoms. The molecule has 0 radical (unpaired) electrons. The van der Waals surface area contributed by atoms with Crippen molar-refractivity contribution in [3.05, 3.63) is 194 Å². The van der Waals surface area contributed by atoms with E-state index in [1.807, 2.05) is 61.2 Å². The molecule has 0 N–H and O–H groups in total. The molecule has 5 heteroatoms. The Morgan fingerprint density at radius 3 is 1.75 bits per heavy atom. The van der Waals surface area contributed by atoms with Crippen molar-refractivity contribution in [1.82, 2.24) is 19.5 Å². The minimum atomic E-state index is 0.632. The highest BCUT2D eigenvalue weighted by molar-refractivity contribution is 6.23. The lowest BCUT2D eigenvalue weighted by atomic mass is 9.84. The van der Waals surface area contributed by atoms with E-state index in [1.165, 1.54) is 0 Å². The molecule has 0 aliphatic carbocycles. The summed E-state index contributed by atoms with van der Waals surface area (Å²) in [7, 11) is 0. The first-order valence-corrected chi connectivity index (χ1v) is 19.0. The molecule has 0 fully saturated rings. The van der Waals surface area contributed by atoms with Crippen molar-refractivity contribution in [2.45, 2.75) is 0 Å². The van der Waals surface area contributed by atoms with E-state index in [2.05, 4.69) is 148 Å². The van der Waals surface area contributed by atoms with Gasteiger partial charge in [-0.1, -0.05) is 84.9 Å². The zero-order valence-electron chi connectivity index (χ0n) is 30.6. The molecule has 11 aromatic rings. The van der Waals surface area contributed by atoms with Crippen LogP contribution in [0.25, 0.3) is 105 Å². The van der Waals surface area contributed by atoms with Gasteiger partial charge in [0, 0.05) is 63.3 Å².